The highest BCUT2D eigenvalue weighted by Gasteiger charge is 2.23. The zero-order chi connectivity index (χ0) is 18.6. The number of benzene rings is 2. The van der Waals surface area contributed by atoms with E-state index in [1.54, 1.807) is 0 Å². The summed E-state index contributed by atoms with van der Waals surface area (Å²) < 4.78 is 5.76. The quantitative estimate of drug-likeness (QED) is 0.731. The molecule has 1 aliphatic heterocycles. The minimum Gasteiger partial charge on any atom is -0.492 e. The number of ether oxygens (including phenoxy) is 1. The summed E-state index contributed by atoms with van der Waals surface area (Å²) >= 11 is 5.96. The van der Waals surface area contributed by atoms with Crippen LogP contribution in [0.1, 0.15) is 10.5 Å². The van der Waals surface area contributed by atoms with Gasteiger partial charge in [-0.1, -0.05) is 35.9 Å². The molecule has 3 aromatic rings. The predicted octanol–water partition coefficient (Wildman–Crippen LogP) is 3.66. The maximum Gasteiger partial charge on any atom is 0.270 e. The minimum atomic E-state index is 0.0704. The number of aromatic amines is 1. The molecular weight excluding hydrogens is 362 g/mol. The molecule has 2 aromatic carbocycles. The van der Waals surface area contributed by atoms with Gasteiger partial charge in [0.15, 0.2) is 0 Å². The number of hydrogen-bond acceptors (Lipinski definition) is 3. The number of halogens is 1. The molecule has 6 heteroatoms. The van der Waals surface area contributed by atoms with E-state index in [1.165, 1.54) is 0 Å². The van der Waals surface area contributed by atoms with Crippen LogP contribution in [0.3, 0.4) is 0 Å². The van der Waals surface area contributed by atoms with E-state index in [-0.39, 0.29) is 5.91 Å². The number of para-hydroxylation sites is 1. The average Bonchev–Trinajstić information content (AvgIpc) is 3.12. The van der Waals surface area contributed by atoms with Gasteiger partial charge >= 0.3 is 0 Å². The molecule has 0 radical (unpaired) electrons. The largest absolute Gasteiger partial charge is 0.492 e. The summed E-state index contributed by atoms with van der Waals surface area (Å²) in [6.45, 7) is 4.60. The van der Waals surface area contributed by atoms with Crippen LogP contribution in [0.5, 0.6) is 5.75 Å². The van der Waals surface area contributed by atoms with E-state index in [2.05, 4.69) is 9.88 Å². The van der Waals surface area contributed by atoms with Crippen LogP contribution in [0.4, 0.5) is 0 Å². The Morgan fingerprint density at radius 2 is 1.85 bits per heavy atom. The number of rotatable bonds is 5. The molecule has 1 aromatic heterocycles. The van der Waals surface area contributed by atoms with Crippen LogP contribution in [0.2, 0.25) is 5.02 Å². The molecule has 1 aliphatic rings. The molecule has 1 saturated heterocycles. The van der Waals surface area contributed by atoms with Gasteiger partial charge < -0.3 is 14.6 Å². The van der Waals surface area contributed by atoms with Crippen LogP contribution in [-0.4, -0.2) is 60.0 Å². The Kier molecular flexibility index (Phi) is 5.32. The number of fused-ring (bicyclic) bond motifs is 1. The first-order valence-electron chi connectivity index (χ1n) is 9.17. The van der Waals surface area contributed by atoms with Crippen molar-refractivity contribution < 1.29 is 9.53 Å². The first kappa shape index (κ1) is 17.9. The van der Waals surface area contributed by atoms with Crippen molar-refractivity contribution in [1.29, 1.82) is 0 Å². The Morgan fingerprint density at radius 1 is 1.04 bits per heavy atom. The highest BCUT2D eigenvalue weighted by molar-refractivity contribution is 6.30. The Hall–Kier alpha value is -2.50. The van der Waals surface area contributed by atoms with Gasteiger partial charge in [0.1, 0.15) is 18.1 Å². The molecule has 1 N–H and O–H groups in total. The summed E-state index contributed by atoms with van der Waals surface area (Å²) in [7, 11) is 0. The van der Waals surface area contributed by atoms with E-state index < -0.39 is 0 Å². The lowest BCUT2D eigenvalue weighted by Gasteiger charge is -2.34. The first-order valence-corrected chi connectivity index (χ1v) is 9.54. The highest BCUT2D eigenvalue weighted by atomic mass is 35.5. The molecule has 0 spiro atoms. The van der Waals surface area contributed by atoms with Gasteiger partial charge in [-0.2, -0.15) is 0 Å². The summed E-state index contributed by atoms with van der Waals surface area (Å²) in [5.41, 5.74) is 1.66. The van der Waals surface area contributed by atoms with Gasteiger partial charge in [0.2, 0.25) is 0 Å². The summed E-state index contributed by atoms with van der Waals surface area (Å²) in [5, 5.41) is 1.74. The lowest BCUT2D eigenvalue weighted by atomic mass is 10.2. The number of piperazine rings is 1. The van der Waals surface area contributed by atoms with Crippen molar-refractivity contribution in [2.24, 2.45) is 0 Å². The van der Waals surface area contributed by atoms with E-state index >= 15 is 0 Å². The van der Waals surface area contributed by atoms with E-state index in [1.807, 2.05) is 59.5 Å². The fourth-order valence-corrected chi connectivity index (χ4v) is 3.56. The number of nitrogens with zero attached hydrogens (tertiary/aromatic N) is 2. The Labute approximate surface area is 163 Å². The third kappa shape index (κ3) is 4.26. The van der Waals surface area contributed by atoms with Crippen molar-refractivity contribution in [1.82, 2.24) is 14.8 Å². The normalized spacial score (nSPS) is 15.2. The number of aromatic nitrogens is 1. The van der Waals surface area contributed by atoms with Gasteiger partial charge in [-0.05, 0) is 30.3 Å². The standard InChI is InChI=1S/C21H22ClN3O2/c22-17-5-3-6-18(15-17)27-13-12-24-8-10-25(11-9-24)21(26)20-14-16-4-1-2-7-19(16)23-20/h1-7,14-15,23H,8-13H2. The smallest absolute Gasteiger partial charge is 0.270 e. The van der Waals surface area contributed by atoms with Gasteiger partial charge in [0, 0.05) is 48.6 Å². The number of carbonyl (C=O) groups excluding carboxylic acids is 1. The molecule has 0 saturated carbocycles. The Bertz CT molecular complexity index is 899. The average molecular weight is 384 g/mol. The second-order valence-corrected chi connectivity index (χ2v) is 7.15. The molecule has 1 amide bonds. The number of amides is 1. The van der Waals surface area contributed by atoms with Crippen LogP contribution in [0.25, 0.3) is 10.9 Å². The highest BCUT2D eigenvalue weighted by Crippen LogP contribution is 2.18. The van der Waals surface area contributed by atoms with Crippen molar-refractivity contribution in [3.05, 3.63) is 65.3 Å². The molecule has 27 heavy (non-hydrogen) atoms. The second-order valence-electron chi connectivity index (χ2n) is 6.71. The van der Waals surface area contributed by atoms with Gasteiger partial charge in [-0.3, -0.25) is 9.69 Å². The van der Waals surface area contributed by atoms with Crippen LogP contribution >= 0.6 is 11.6 Å². The topological polar surface area (TPSA) is 48.6 Å². The maximum atomic E-state index is 12.7. The molecular formula is C21H22ClN3O2. The van der Waals surface area contributed by atoms with Crippen molar-refractivity contribution >= 4 is 28.4 Å². The summed E-state index contributed by atoms with van der Waals surface area (Å²) in [4.78, 5) is 20.2. The maximum absolute atomic E-state index is 12.7. The lowest BCUT2D eigenvalue weighted by Crippen LogP contribution is -2.49. The third-order valence-corrected chi connectivity index (χ3v) is 5.13. The summed E-state index contributed by atoms with van der Waals surface area (Å²) in [6.07, 6.45) is 0. The van der Waals surface area contributed by atoms with Gasteiger partial charge in [-0.15, -0.1) is 0 Å². The monoisotopic (exact) mass is 383 g/mol. The number of hydrogen-bond donors (Lipinski definition) is 1. The van der Waals surface area contributed by atoms with Gasteiger partial charge in [0.25, 0.3) is 5.91 Å². The van der Waals surface area contributed by atoms with E-state index in [4.69, 9.17) is 16.3 Å². The molecule has 0 bridgehead atoms. The van der Waals surface area contributed by atoms with E-state index in [0.29, 0.717) is 17.3 Å². The third-order valence-electron chi connectivity index (χ3n) is 4.89. The lowest BCUT2D eigenvalue weighted by molar-refractivity contribution is 0.0615. The summed E-state index contributed by atoms with van der Waals surface area (Å²) in [6, 6.07) is 17.3. The van der Waals surface area contributed by atoms with Gasteiger partial charge in [0.05, 0.1) is 0 Å². The zero-order valence-electron chi connectivity index (χ0n) is 15.0. The van der Waals surface area contributed by atoms with Crippen LogP contribution in [-0.2, 0) is 0 Å². The minimum absolute atomic E-state index is 0.0704. The zero-order valence-corrected chi connectivity index (χ0v) is 15.8. The molecule has 140 valence electrons. The molecule has 0 atom stereocenters. The second kappa shape index (κ2) is 8.03. The van der Waals surface area contributed by atoms with Gasteiger partial charge in [-0.25, -0.2) is 0 Å². The summed E-state index contributed by atoms with van der Waals surface area (Å²) in [5.74, 6) is 0.858. The van der Waals surface area contributed by atoms with Crippen LogP contribution < -0.4 is 4.74 Å². The molecule has 0 unspecified atom stereocenters. The number of carbonyl (C=O) groups is 1. The number of nitrogens with one attached hydrogen (secondary N) is 1. The van der Waals surface area contributed by atoms with E-state index in [0.717, 1.165) is 49.4 Å². The molecule has 5 nitrogen and oxygen atoms in total. The molecule has 0 aliphatic carbocycles. The Morgan fingerprint density at radius 3 is 2.63 bits per heavy atom. The molecule has 4 rings (SSSR count). The molecule has 2 heterocycles. The van der Waals surface area contributed by atoms with Crippen molar-refractivity contribution in [3.63, 3.8) is 0 Å². The molecule has 1 fully saturated rings. The Balaban J connectivity index is 1.26. The SMILES string of the molecule is O=C(c1cc2ccccc2[nH]1)N1CCN(CCOc2cccc(Cl)c2)CC1. The van der Waals surface area contributed by atoms with Crippen molar-refractivity contribution in [3.8, 4) is 5.75 Å². The first-order chi connectivity index (χ1) is 13.2. The van der Waals surface area contributed by atoms with Crippen molar-refractivity contribution in [2.45, 2.75) is 0 Å². The van der Waals surface area contributed by atoms with Crippen molar-refractivity contribution in [2.75, 3.05) is 39.3 Å². The fraction of sp³-hybridized carbons (Fsp3) is 0.286. The van der Waals surface area contributed by atoms with Crippen LogP contribution in [0.15, 0.2) is 54.6 Å². The number of H-pyrrole nitrogens is 1. The van der Waals surface area contributed by atoms with Crippen LogP contribution in [0, 0.1) is 0 Å². The predicted molar refractivity (Wildman–Crippen MR) is 108 cm³/mol. The fourth-order valence-electron chi connectivity index (χ4n) is 3.38. The van der Waals surface area contributed by atoms with E-state index in [9.17, 15) is 4.79 Å².